The van der Waals surface area contributed by atoms with Crippen LogP contribution in [-0.4, -0.2) is 0 Å². The van der Waals surface area contributed by atoms with E-state index in [1.54, 1.807) is 0 Å². The highest BCUT2D eigenvalue weighted by atomic mass is 31.7. The van der Waals surface area contributed by atoms with Crippen LogP contribution in [0.2, 0.25) is 0 Å². The van der Waals surface area contributed by atoms with Crippen LogP contribution in [0.1, 0.15) is 0 Å². The van der Waals surface area contributed by atoms with E-state index in [9.17, 15) is 0 Å². The molecule has 0 fully saturated rings. The molecular formula is N2P2. The molecule has 4 heteroatoms. The quantitative estimate of drug-likeness (QED) is 0.407. The third kappa shape index (κ3) is 0.180. The molecule has 0 saturated heterocycles. The molecule has 1 heterocycles. The SMILES string of the molecule is N1=NP=P1. The maximum Gasteiger partial charge on any atom is 0.119 e. The van der Waals surface area contributed by atoms with Crippen LogP contribution in [0, 0.1) is 0 Å². The Bertz CT molecular complexity index is 44.4. The predicted molar refractivity (Wildman–Crippen MR) is 18.7 cm³/mol. The van der Waals surface area contributed by atoms with Crippen molar-refractivity contribution in [2.45, 2.75) is 0 Å². The fourth-order valence-corrected chi connectivity index (χ4v) is 0.360. The molecule has 0 bridgehead atoms. The molecule has 0 aromatic heterocycles. The average molecular weight is 90.0 g/mol. The van der Waals surface area contributed by atoms with Gasteiger partial charge in [0.1, 0.15) is 16.0 Å². The van der Waals surface area contributed by atoms with Crippen LogP contribution in [0.3, 0.4) is 0 Å². The minimum atomic E-state index is 1.11. The lowest BCUT2D eigenvalue weighted by atomic mass is 13.2. The summed E-state index contributed by atoms with van der Waals surface area (Å²) < 4.78 is 0. The largest absolute Gasteiger partial charge is 0.119 e. The van der Waals surface area contributed by atoms with Crippen molar-refractivity contribution < 1.29 is 0 Å². The van der Waals surface area contributed by atoms with Gasteiger partial charge in [0.15, 0.2) is 0 Å². The smallest absolute Gasteiger partial charge is 0.119 e. The summed E-state index contributed by atoms with van der Waals surface area (Å²) in [7, 11) is 2.22. The van der Waals surface area contributed by atoms with Crippen LogP contribution in [0.4, 0.5) is 0 Å². The van der Waals surface area contributed by atoms with Gasteiger partial charge < -0.3 is 0 Å². The number of hydrogen-bond donors (Lipinski definition) is 0. The molecule has 1 rings (SSSR count). The zero-order valence-corrected chi connectivity index (χ0v) is 3.58. The molecule has 2 nitrogen and oxygen atoms in total. The van der Waals surface area contributed by atoms with Gasteiger partial charge in [0.2, 0.25) is 0 Å². The number of nitrogens with zero attached hydrogens (tertiary/aromatic N) is 2. The van der Waals surface area contributed by atoms with E-state index in [0.717, 1.165) is 16.0 Å². The first-order chi connectivity index (χ1) is 2.00. The Kier molecular flexibility index (Phi) is 0.535. The van der Waals surface area contributed by atoms with E-state index >= 15 is 0 Å². The van der Waals surface area contributed by atoms with E-state index in [-0.39, 0.29) is 0 Å². The molecule has 4 heavy (non-hydrogen) atoms. The van der Waals surface area contributed by atoms with E-state index in [0.29, 0.717) is 0 Å². The highest BCUT2D eigenvalue weighted by Crippen LogP contribution is 2.29. The molecule has 20 valence electrons. The standard InChI is InChI=1S/N2P2/c1-2-4-3-1. The van der Waals surface area contributed by atoms with Crippen molar-refractivity contribution in [3.63, 3.8) is 0 Å². The van der Waals surface area contributed by atoms with Crippen LogP contribution >= 0.6 is 16.0 Å². The van der Waals surface area contributed by atoms with Gasteiger partial charge in [0.25, 0.3) is 0 Å². The second-order valence-corrected chi connectivity index (χ2v) is 2.15. The normalized spacial score (nSPS) is 24.0. The van der Waals surface area contributed by atoms with E-state index in [2.05, 4.69) is 9.77 Å². The van der Waals surface area contributed by atoms with Gasteiger partial charge in [0, 0.05) is 0 Å². The third-order valence-electron chi connectivity index (χ3n) is 0.160. The summed E-state index contributed by atoms with van der Waals surface area (Å²) in [6.45, 7) is 0. The minimum Gasteiger partial charge on any atom is -0.119 e. The number of rotatable bonds is 0. The molecule has 0 aliphatic carbocycles. The molecule has 1 aliphatic heterocycles. The minimum absolute atomic E-state index is 1.11. The first-order valence-electron chi connectivity index (χ1n) is 0.800. The molecule has 0 radical (unpaired) electrons. The van der Waals surface area contributed by atoms with Crippen molar-refractivity contribution in [1.29, 1.82) is 0 Å². The highest BCUT2D eigenvalue weighted by Gasteiger charge is 1.72. The Balaban J connectivity index is 2.67. The van der Waals surface area contributed by atoms with Gasteiger partial charge in [-0.1, -0.05) is 0 Å². The molecular weight excluding hydrogens is 90.0 g/mol. The van der Waals surface area contributed by atoms with Crippen LogP contribution in [0.15, 0.2) is 9.77 Å². The van der Waals surface area contributed by atoms with E-state index in [1.165, 1.54) is 0 Å². The molecule has 0 unspecified atom stereocenters. The van der Waals surface area contributed by atoms with Gasteiger partial charge in [-0.15, -0.1) is 9.77 Å². The first kappa shape index (κ1) is 2.44. The van der Waals surface area contributed by atoms with Crippen LogP contribution in [-0.2, 0) is 0 Å². The van der Waals surface area contributed by atoms with Crippen LogP contribution < -0.4 is 0 Å². The van der Waals surface area contributed by atoms with Crippen molar-refractivity contribution >= 4 is 16.0 Å². The lowest BCUT2D eigenvalue weighted by molar-refractivity contribution is 1.51. The van der Waals surface area contributed by atoms with Crippen molar-refractivity contribution in [2.24, 2.45) is 9.77 Å². The highest BCUT2D eigenvalue weighted by molar-refractivity contribution is 7.84. The molecule has 0 aromatic carbocycles. The third-order valence-corrected chi connectivity index (χ3v) is 1.44. The Labute approximate surface area is 26.8 Å². The van der Waals surface area contributed by atoms with Gasteiger partial charge in [-0.25, -0.2) is 0 Å². The topological polar surface area (TPSA) is 24.7 Å². The van der Waals surface area contributed by atoms with Gasteiger partial charge in [-0.3, -0.25) is 0 Å². The van der Waals surface area contributed by atoms with E-state index < -0.39 is 0 Å². The predicted octanol–water partition coefficient (Wildman–Crippen LogP) is 2.09. The summed E-state index contributed by atoms with van der Waals surface area (Å²) in [5, 5.41) is 0. The summed E-state index contributed by atoms with van der Waals surface area (Å²) >= 11 is 0. The molecule has 0 spiro atoms. The Hall–Kier alpha value is 0.200. The summed E-state index contributed by atoms with van der Waals surface area (Å²) in [5.41, 5.74) is 0. The average Bonchev–Trinajstić information content (AvgIpc) is 0.722. The molecule has 1 aliphatic rings. The fraction of sp³-hybridized carbons (Fsp3) is 0. The summed E-state index contributed by atoms with van der Waals surface area (Å²) in [5.74, 6) is 0. The van der Waals surface area contributed by atoms with Gasteiger partial charge >= 0.3 is 0 Å². The second kappa shape index (κ2) is 0.878. The maximum absolute atomic E-state index is 3.50. The van der Waals surface area contributed by atoms with Crippen molar-refractivity contribution in [3.8, 4) is 0 Å². The summed E-state index contributed by atoms with van der Waals surface area (Å²) in [4.78, 5) is 7.00. The van der Waals surface area contributed by atoms with E-state index in [4.69, 9.17) is 0 Å². The zero-order valence-electron chi connectivity index (χ0n) is 1.79. The van der Waals surface area contributed by atoms with Gasteiger partial charge in [0.05, 0.1) is 0 Å². The van der Waals surface area contributed by atoms with E-state index in [1.807, 2.05) is 0 Å². The summed E-state index contributed by atoms with van der Waals surface area (Å²) in [6, 6.07) is 0. The Morgan fingerprint density at radius 3 is 1.25 bits per heavy atom. The molecule has 0 N–H and O–H groups in total. The van der Waals surface area contributed by atoms with Crippen LogP contribution in [0.25, 0.3) is 0 Å². The number of hydrogen-bond acceptors (Lipinski definition) is 2. The monoisotopic (exact) mass is 90.0 g/mol. The van der Waals surface area contributed by atoms with Crippen LogP contribution in [0.5, 0.6) is 0 Å². The molecule has 0 saturated carbocycles. The lowest BCUT2D eigenvalue weighted by Crippen LogP contribution is -1.24. The second-order valence-electron chi connectivity index (χ2n) is 0.358. The zero-order chi connectivity index (χ0) is 2.83. The van der Waals surface area contributed by atoms with Crippen molar-refractivity contribution in [1.82, 2.24) is 0 Å². The lowest BCUT2D eigenvalue weighted by Gasteiger charge is -1.71. The summed E-state index contributed by atoms with van der Waals surface area (Å²) in [6.07, 6.45) is 0. The fourth-order valence-electron chi connectivity index (χ4n) is 0.0400. The van der Waals surface area contributed by atoms with Crippen molar-refractivity contribution in [3.05, 3.63) is 0 Å². The van der Waals surface area contributed by atoms with Gasteiger partial charge in [-0.2, -0.15) is 0 Å². The van der Waals surface area contributed by atoms with Crippen molar-refractivity contribution in [2.75, 3.05) is 0 Å². The molecule has 0 aromatic rings. The first-order valence-corrected chi connectivity index (χ1v) is 3.20. The Morgan fingerprint density at radius 1 is 1.00 bits per heavy atom. The molecule has 0 atom stereocenters. The van der Waals surface area contributed by atoms with Gasteiger partial charge in [-0.05, 0) is 0 Å². The molecule has 0 amide bonds. The Morgan fingerprint density at radius 2 is 1.25 bits per heavy atom. The maximum atomic E-state index is 3.50.